The average molecular weight is 1260 g/mol. The summed E-state index contributed by atoms with van der Waals surface area (Å²) in [6.07, 6.45) is -6.36. The predicted octanol–water partition coefficient (Wildman–Crippen LogP) is 1.77. The minimum atomic E-state index is -2.03. The number of hydrogen-bond donors (Lipinski definition) is 10. The second-order valence-corrected chi connectivity index (χ2v) is 24.5. The van der Waals surface area contributed by atoms with Gasteiger partial charge in [0.25, 0.3) is 23.6 Å². The van der Waals surface area contributed by atoms with E-state index in [0.717, 1.165) is 35.5 Å². The number of likely N-dealkylation sites (N-methyl/N-ethyl adjacent to an activating group) is 2. The molecule has 4 heterocycles. The number of rotatable bonds is 30. The lowest BCUT2D eigenvalue weighted by atomic mass is 9.92. The number of esters is 1. The van der Waals surface area contributed by atoms with Crippen molar-refractivity contribution >= 4 is 76.3 Å². The number of likely N-dealkylation sites (tertiary alicyclic amines) is 1. The maximum atomic E-state index is 15.0. The SMILES string of the molecule is CCC(C)C(NC(=O)[C@H]1CCCC[N+]1(C)Cc1ccc(O[C@@H]2O[C@H](C(=O)O)[C@@H](O)[C@H](O)[C@H]2O)c(NC(=O)CCNC(=O)C(CN)N2C(=O)C=CC2=O)c1)C(=O)N(C)C(CC(OC(C)=O)c1nc(C(=O)NC(Cc2ccccc2)CC(C)C(=O)O)cs1)C(C)C. The number of aliphatic hydroxyl groups is 3. The average Bonchev–Trinajstić information content (AvgIpc) is 1.58. The summed E-state index contributed by atoms with van der Waals surface area (Å²) in [5, 5.41) is 64.3. The van der Waals surface area contributed by atoms with Crippen LogP contribution in [0.5, 0.6) is 5.75 Å². The van der Waals surface area contributed by atoms with Crippen LogP contribution in [0.15, 0.2) is 66.1 Å². The number of anilines is 1. The van der Waals surface area contributed by atoms with E-state index in [2.05, 4.69) is 26.3 Å². The molecule has 3 aliphatic rings. The maximum Gasteiger partial charge on any atom is 0.335 e. The van der Waals surface area contributed by atoms with Crippen LogP contribution in [0.1, 0.15) is 119 Å². The number of thiazole rings is 1. The number of piperidine rings is 1. The number of amides is 7. The zero-order valence-corrected chi connectivity index (χ0v) is 52.1. The van der Waals surface area contributed by atoms with Gasteiger partial charge in [-0.15, -0.1) is 11.3 Å². The lowest BCUT2D eigenvalue weighted by Gasteiger charge is -2.44. The number of quaternary nitrogens is 1. The van der Waals surface area contributed by atoms with E-state index in [1.807, 2.05) is 65.1 Å². The number of hydrogen-bond acceptors (Lipinski definition) is 19. The standard InChI is InChI=1S/C61H83N9O18S/c1-9-33(4)49(58(81)68(7)41(32(2)3)28-45(86-35(6)71)57-66-40(31-89-57)54(78)64-38(25-34(5)59(82)83)26-36-15-11-10-12-16-36)67-56(80)43-17-13-14-24-70(43,8)30-37-18-19-44(87-61-52(77)50(75)51(76)53(88-61)60(84)85)39(27-37)65-46(72)22-23-63-55(79)42(29-62)69-47(73)20-21-48(69)74/h10-12,15-16,18-21,27,31-34,38,41-43,45,49-53,61,75-77H,9,13-14,17,22-26,28-30,62H2,1-8H3,(H5-,63,64,65,67,72,78,79,80,82,83,84,85)/p+1/t33?,34?,38?,41?,42?,43-,45?,49?,50+,51+,52-,53+,61-,70?/m1/s1. The van der Waals surface area contributed by atoms with Gasteiger partial charge in [-0.05, 0) is 61.3 Å². The topological polar surface area (TPSA) is 393 Å². The first-order valence-corrected chi connectivity index (χ1v) is 30.6. The number of aliphatic hydroxyl groups excluding tert-OH is 3. The molecule has 486 valence electrons. The van der Waals surface area contributed by atoms with Crippen LogP contribution in [0.3, 0.4) is 0 Å². The third-order valence-electron chi connectivity index (χ3n) is 16.6. The Labute approximate surface area is 519 Å². The summed E-state index contributed by atoms with van der Waals surface area (Å²) >= 11 is 1.10. The second-order valence-electron chi connectivity index (χ2n) is 23.6. The largest absolute Gasteiger partial charge is 0.481 e. The van der Waals surface area contributed by atoms with Crippen LogP contribution < -0.4 is 31.7 Å². The van der Waals surface area contributed by atoms with Gasteiger partial charge in [-0.3, -0.25) is 48.1 Å². The molecule has 0 saturated carbocycles. The van der Waals surface area contributed by atoms with Crippen molar-refractivity contribution < 1.29 is 92.2 Å². The number of imide groups is 1. The summed E-state index contributed by atoms with van der Waals surface area (Å²) in [4.78, 5) is 138. The summed E-state index contributed by atoms with van der Waals surface area (Å²) < 4.78 is 17.3. The van der Waals surface area contributed by atoms with Crippen molar-refractivity contribution in [2.75, 3.05) is 39.0 Å². The van der Waals surface area contributed by atoms with E-state index >= 15 is 0 Å². The van der Waals surface area contributed by atoms with Crippen LogP contribution in [0, 0.1) is 17.8 Å². The monoisotopic (exact) mass is 1260 g/mol. The number of aromatic nitrogens is 1. The van der Waals surface area contributed by atoms with Gasteiger partial charge in [0.2, 0.25) is 24.0 Å². The number of carbonyl (C=O) groups excluding carboxylic acids is 8. The molecule has 0 bridgehead atoms. The van der Waals surface area contributed by atoms with E-state index in [1.165, 1.54) is 24.4 Å². The van der Waals surface area contributed by atoms with Gasteiger partial charge in [-0.1, -0.05) is 71.4 Å². The van der Waals surface area contributed by atoms with Crippen LogP contribution >= 0.6 is 11.3 Å². The highest BCUT2D eigenvalue weighted by atomic mass is 32.1. The fraction of sp³-hybridized carbons (Fsp3) is 0.557. The van der Waals surface area contributed by atoms with Crippen molar-refractivity contribution in [2.45, 2.75) is 166 Å². The normalized spacial score (nSPS) is 23.2. The molecule has 7 amide bonds. The predicted molar refractivity (Wildman–Crippen MR) is 321 cm³/mol. The van der Waals surface area contributed by atoms with Crippen molar-refractivity contribution in [2.24, 2.45) is 23.5 Å². The van der Waals surface area contributed by atoms with E-state index in [4.69, 9.17) is 19.9 Å². The smallest absolute Gasteiger partial charge is 0.335 e. The van der Waals surface area contributed by atoms with E-state index in [9.17, 15) is 73.5 Å². The van der Waals surface area contributed by atoms with Crippen LogP contribution in [-0.2, 0) is 65.6 Å². The van der Waals surface area contributed by atoms with Crippen molar-refractivity contribution in [3.05, 3.63) is 87.9 Å². The molecular formula is C61H84N9O18S+. The highest BCUT2D eigenvalue weighted by Crippen LogP contribution is 2.35. The third kappa shape index (κ3) is 18.2. The van der Waals surface area contributed by atoms with E-state index in [-0.39, 0.29) is 65.8 Å². The van der Waals surface area contributed by atoms with Gasteiger partial charge in [0.05, 0.1) is 25.2 Å². The Balaban J connectivity index is 1.20. The van der Waals surface area contributed by atoms with Crippen molar-refractivity contribution in [3.8, 4) is 5.75 Å². The number of aliphatic carboxylic acids is 2. The number of carboxylic acid groups (broad SMARTS) is 2. The first-order chi connectivity index (χ1) is 42.1. The molecule has 2 aromatic carbocycles. The van der Waals surface area contributed by atoms with Gasteiger partial charge in [-0.25, -0.2) is 9.78 Å². The molecule has 0 spiro atoms. The lowest BCUT2D eigenvalue weighted by molar-refractivity contribution is -0.942. The second kappa shape index (κ2) is 31.6. The summed E-state index contributed by atoms with van der Waals surface area (Å²) in [6, 6.07) is 9.64. The third-order valence-corrected chi connectivity index (χ3v) is 17.5. The number of carbonyl (C=O) groups is 10. The van der Waals surface area contributed by atoms with E-state index < -0.39 is 139 Å². The Morgan fingerprint density at radius 3 is 2.21 bits per heavy atom. The van der Waals surface area contributed by atoms with E-state index in [1.54, 1.807) is 24.9 Å². The number of nitrogens with zero attached hydrogens (tertiary/aromatic N) is 4. The van der Waals surface area contributed by atoms with Crippen LogP contribution in [0.2, 0.25) is 0 Å². The molecule has 3 aliphatic heterocycles. The van der Waals surface area contributed by atoms with Gasteiger partial charge in [0, 0.05) is 81.5 Å². The fourth-order valence-electron chi connectivity index (χ4n) is 11.4. The summed E-state index contributed by atoms with van der Waals surface area (Å²) in [6.45, 7) is 10.3. The lowest BCUT2D eigenvalue weighted by Crippen LogP contribution is -2.63. The molecule has 89 heavy (non-hydrogen) atoms. The van der Waals surface area contributed by atoms with Crippen molar-refractivity contribution in [3.63, 3.8) is 0 Å². The Bertz CT molecular complexity index is 3060. The molecule has 0 radical (unpaired) electrons. The van der Waals surface area contributed by atoms with E-state index in [0.29, 0.717) is 47.7 Å². The molecule has 8 unspecified atom stereocenters. The van der Waals surface area contributed by atoms with Crippen molar-refractivity contribution in [1.82, 2.24) is 30.7 Å². The quantitative estimate of drug-likeness (QED) is 0.0258. The summed E-state index contributed by atoms with van der Waals surface area (Å²) in [7, 11) is 3.51. The molecule has 2 fully saturated rings. The molecule has 2 saturated heterocycles. The molecular weight excluding hydrogens is 1180 g/mol. The Morgan fingerprint density at radius 1 is 0.910 bits per heavy atom. The van der Waals surface area contributed by atoms with Gasteiger partial charge < -0.3 is 76.1 Å². The number of nitrogens with one attached hydrogen (secondary N) is 4. The Kier molecular flexibility index (Phi) is 25.0. The molecule has 14 atom stereocenters. The Hall–Kier alpha value is -7.73. The highest BCUT2D eigenvalue weighted by molar-refractivity contribution is 7.09. The molecule has 28 heteroatoms. The Morgan fingerprint density at radius 2 is 1.60 bits per heavy atom. The molecule has 0 aliphatic carbocycles. The number of ether oxygens (including phenoxy) is 3. The minimum Gasteiger partial charge on any atom is -0.481 e. The summed E-state index contributed by atoms with van der Waals surface area (Å²) in [5.41, 5.74) is 7.19. The van der Waals surface area contributed by atoms with Crippen molar-refractivity contribution in [1.29, 1.82) is 0 Å². The number of nitrogens with two attached hydrogens (primary N) is 1. The number of benzene rings is 2. The first-order valence-electron chi connectivity index (χ1n) is 29.7. The first kappa shape index (κ1) is 70.4. The fourth-order valence-corrected chi connectivity index (χ4v) is 12.2. The zero-order valence-electron chi connectivity index (χ0n) is 51.2. The molecule has 6 rings (SSSR count). The van der Waals surface area contributed by atoms with Gasteiger partial charge in [-0.2, -0.15) is 0 Å². The van der Waals surface area contributed by atoms with Crippen LogP contribution in [-0.4, -0.2) is 199 Å². The molecule has 27 nitrogen and oxygen atoms in total. The van der Waals surface area contributed by atoms with Gasteiger partial charge in [0.1, 0.15) is 53.4 Å². The molecule has 3 aromatic rings. The zero-order chi connectivity index (χ0) is 65.6. The van der Waals surface area contributed by atoms with Crippen LogP contribution in [0.25, 0.3) is 0 Å². The maximum absolute atomic E-state index is 15.0. The number of carboxylic acids is 2. The van der Waals surface area contributed by atoms with Crippen LogP contribution in [0.4, 0.5) is 5.69 Å². The van der Waals surface area contributed by atoms with Gasteiger partial charge >= 0.3 is 17.9 Å². The minimum absolute atomic E-state index is 0.0387. The molecule has 11 N–H and O–H groups in total. The highest BCUT2D eigenvalue weighted by Gasteiger charge is 2.49. The van der Waals surface area contributed by atoms with Gasteiger partial charge in [0.15, 0.2) is 18.2 Å². The summed E-state index contributed by atoms with van der Waals surface area (Å²) in [5.74, 6) is -9.11. The molecule has 1 aromatic heterocycles.